The molecule has 0 bridgehead atoms. The molecular weight excluding hydrogens is 396 g/mol. The number of nitrogens with one attached hydrogen (secondary N) is 3. The maximum atomic E-state index is 13.2. The smallest absolute Gasteiger partial charge is 0.322 e. The molecule has 0 saturated carbocycles. The van der Waals surface area contributed by atoms with Crippen molar-refractivity contribution in [1.82, 2.24) is 24.7 Å². The third-order valence-electron chi connectivity index (χ3n) is 5.05. The topological polar surface area (TPSA) is 126 Å². The van der Waals surface area contributed by atoms with Crippen LogP contribution in [0.4, 0.5) is 5.69 Å². The lowest BCUT2D eigenvalue weighted by molar-refractivity contribution is 0.102. The molecule has 4 aromatic rings. The Bertz CT molecular complexity index is 1410. The average molecular weight is 420 g/mol. The average Bonchev–Trinajstić information content (AvgIpc) is 3.17. The van der Waals surface area contributed by atoms with E-state index in [0.29, 0.717) is 17.9 Å². The minimum Gasteiger partial charge on any atom is -0.322 e. The molecule has 0 aliphatic carbocycles. The molecule has 1 amide bonds. The number of hydrogen-bond donors (Lipinski definition) is 3. The minimum atomic E-state index is -0.628. The van der Waals surface area contributed by atoms with E-state index in [9.17, 15) is 14.4 Å². The van der Waals surface area contributed by atoms with E-state index in [1.807, 2.05) is 33.8 Å². The van der Waals surface area contributed by atoms with Crippen molar-refractivity contribution >= 4 is 33.5 Å². The molecule has 31 heavy (non-hydrogen) atoms. The SMILES string of the molecule is CC(C)Cn1c(=O)[nH]c(=O)c2c(C(=O)Nc3ccc4cn[nH]c4c3)cc(C(C)C)nc21. The van der Waals surface area contributed by atoms with Gasteiger partial charge in [0.2, 0.25) is 0 Å². The zero-order valence-electron chi connectivity index (χ0n) is 17.8. The predicted molar refractivity (Wildman–Crippen MR) is 120 cm³/mol. The van der Waals surface area contributed by atoms with Crippen LogP contribution in [0, 0.1) is 5.92 Å². The number of carbonyl (C=O) groups excluding carboxylic acids is 1. The maximum absolute atomic E-state index is 13.2. The highest BCUT2D eigenvalue weighted by Crippen LogP contribution is 2.22. The second kappa shape index (κ2) is 7.82. The fraction of sp³-hybridized carbons (Fsp3) is 0.318. The van der Waals surface area contributed by atoms with Crippen molar-refractivity contribution in [1.29, 1.82) is 0 Å². The highest BCUT2D eigenvalue weighted by molar-refractivity contribution is 6.12. The lowest BCUT2D eigenvalue weighted by atomic mass is 10.0. The summed E-state index contributed by atoms with van der Waals surface area (Å²) in [5.74, 6) is -0.303. The van der Waals surface area contributed by atoms with Crippen LogP contribution < -0.4 is 16.6 Å². The molecule has 0 fully saturated rings. The second-order valence-corrected chi connectivity index (χ2v) is 8.34. The number of hydrogen-bond acceptors (Lipinski definition) is 5. The number of aromatic nitrogens is 5. The first-order valence-electron chi connectivity index (χ1n) is 10.2. The quantitative estimate of drug-likeness (QED) is 0.458. The van der Waals surface area contributed by atoms with E-state index in [2.05, 4.69) is 25.5 Å². The minimum absolute atomic E-state index is 0.000756. The third kappa shape index (κ3) is 3.86. The van der Waals surface area contributed by atoms with Gasteiger partial charge in [0, 0.05) is 23.3 Å². The number of aromatic amines is 2. The van der Waals surface area contributed by atoms with Gasteiger partial charge < -0.3 is 5.32 Å². The van der Waals surface area contributed by atoms with Crippen molar-refractivity contribution in [3.05, 3.63) is 62.6 Å². The van der Waals surface area contributed by atoms with Crippen LogP contribution in [0.2, 0.25) is 0 Å². The largest absolute Gasteiger partial charge is 0.330 e. The summed E-state index contributed by atoms with van der Waals surface area (Å²) in [5, 5.41) is 10.7. The molecule has 3 N–H and O–H groups in total. The highest BCUT2D eigenvalue weighted by Gasteiger charge is 2.21. The van der Waals surface area contributed by atoms with Gasteiger partial charge in [0.1, 0.15) is 0 Å². The zero-order valence-corrected chi connectivity index (χ0v) is 17.8. The van der Waals surface area contributed by atoms with Crippen LogP contribution in [-0.2, 0) is 6.54 Å². The molecule has 9 heteroatoms. The van der Waals surface area contributed by atoms with Crippen molar-refractivity contribution < 1.29 is 4.79 Å². The summed E-state index contributed by atoms with van der Waals surface area (Å²) in [6, 6.07) is 7.00. The fourth-order valence-corrected chi connectivity index (χ4v) is 3.52. The summed E-state index contributed by atoms with van der Waals surface area (Å²) in [6.07, 6.45) is 1.69. The number of pyridine rings is 1. The summed E-state index contributed by atoms with van der Waals surface area (Å²) in [6.45, 7) is 8.20. The Morgan fingerprint density at radius 3 is 2.65 bits per heavy atom. The first-order chi connectivity index (χ1) is 14.7. The van der Waals surface area contributed by atoms with Crippen LogP contribution in [0.25, 0.3) is 21.9 Å². The Labute approximate surface area is 177 Å². The van der Waals surface area contributed by atoms with Gasteiger partial charge in [0.05, 0.1) is 22.7 Å². The predicted octanol–water partition coefficient (Wildman–Crippen LogP) is 2.99. The molecule has 0 spiro atoms. The molecule has 0 unspecified atom stereocenters. The first kappa shape index (κ1) is 20.5. The Kier molecular flexibility index (Phi) is 5.18. The summed E-state index contributed by atoms with van der Waals surface area (Å²) >= 11 is 0. The fourth-order valence-electron chi connectivity index (χ4n) is 3.52. The number of rotatable bonds is 5. The van der Waals surface area contributed by atoms with E-state index in [0.717, 1.165) is 10.9 Å². The number of amides is 1. The van der Waals surface area contributed by atoms with Crippen LogP contribution in [-0.4, -0.2) is 30.6 Å². The van der Waals surface area contributed by atoms with E-state index in [1.54, 1.807) is 24.4 Å². The van der Waals surface area contributed by atoms with Gasteiger partial charge in [-0.2, -0.15) is 5.10 Å². The van der Waals surface area contributed by atoms with E-state index in [-0.39, 0.29) is 28.4 Å². The molecular formula is C22H24N6O3. The molecule has 0 saturated heterocycles. The molecule has 0 aliphatic rings. The molecule has 3 heterocycles. The van der Waals surface area contributed by atoms with Crippen LogP contribution in [0.3, 0.4) is 0 Å². The van der Waals surface area contributed by atoms with Crippen molar-refractivity contribution in [2.75, 3.05) is 5.32 Å². The van der Waals surface area contributed by atoms with Crippen LogP contribution in [0.1, 0.15) is 49.7 Å². The summed E-state index contributed by atoms with van der Waals surface area (Å²) in [4.78, 5) is 45.4. The van der Waals surface area contributed by atoms with Gasteiger partial charge in [-0.05, 0) is 36.1 Å². The number of fused-ring (bicyclic) bond motifs is 2. The van der Waals surface area contributed by atoms with E-state index in [1.165, 1.54) is 4.57 Å². The number of anilines is 1. The first-order valence-corrected chi connectivity index (χ1v) is 10.2. The summed E-state index contributed by atoms with van der Waals surface area (Å²) < 4.78 is 1.43. The number of carbonyl (C=O) groups is 1. The number of H-pyrrole nitrogens is 2. The molecule has 4 rings (SSSR count). The van der Waals surface area contributed by atoms with E-state index >= 15 is 0 Å². The molecule has 0 aliphatic heterocycles. The summed E-state index contributed by atoms with van der Waals surface area (Å²) in [7, 11) is 0. The molecule has 0 atom stereocenters. The monoisotopic (exact) mass is 420 g/mol. The molecule has 0 radical (unpaired) electrons. The zero-order chi connectivity index (χ0) is 22.3. The van der Waals surface area contributed by atoms with E-state index < -0.39 is 17.2 Å². The number of nitrogens with zero attached hydrogens (tertiary/aromatic N) is 3. The Balaban J connectivity index is 1.89. The van der Waals surface area contributed by atoms with Crippen molar-refractivity contribution in [2.24, 2.45) is 5.92 Å². The van der Waals surface area contributed by atoms with Crippen molar-refractivity contribution in [3.8, 4) is 0 Å². The van der Waals surface area contributed by atoms with Gasteiger partial charge in [0.25, 0.3) is 11.5 Å². The Hall–Kier alpha value is -3.75. The van der Waals surface area contributed by atoms with Gasteiger partial charge in [-0.15, -0.1) is 0 Å². The van der Waals surface area contributed by atoms with Gasteiger partial charge in [0.15, 0.2) is 5.65 Å². The van der Waals surface area contributed by atoms with Crippen molar-refractivity contribution in [2.45, 2.75) is 40.2 Å². The van der Waals surface area contributed by atoms with Gasteiger partial charge >= 0.3 is 5.69 Å². The normalized spacial score (nSPS) is 11.7. The van der Waals surface area contributed by atoms with Gasteiger partial charge in [-0.3, -0.25) is 24.2 Å². The molecule has 1 aromatic carbocycles. The lowest BCUT2D eigenvalue weighted by Crippen LogP contribution is -2.33. The lowest BCUT2D eigenvalue weighted by Gasteiger charge is -2.16. The Morgan fingerprint density at radius 1 is 1.16 bits per heavy atom. The third-order valence-corrected chi connectivity index (χ3v) is 5.05. The van der Waals surface area contributed by atoms with Crippen molar-refractivity contribution in [3.63, 3.8) is 0 Å². The Morgan fingerprint density at radius 2 is 1.94 bits per heavy atom. The molecule has 3 aromatic heterocycles. The molecule has 160 valence electrons. The van der Waals surface area contributed by atoms with Crippen LogP contribution >= 0.6 is 0 Å². The highest BCUT2D eigenvalue weighted by atomic mass is 16.2. The van der Waals surface area contributed by atoms with Crippen LogP contribution in [0.5, 0.6) is 0 Å². The van der Waals surface area contributed by atoms with Crippen LogP contribution in [0.15, 0.2) is 40.1 Å². The maximum Gasteiger partial charge on any atom is 0.330 e. The number of benzene rings is 1. The van der Waals surface area contributed by atoms with Gasteiger partial charge in [-0.1, -0.05) is 27.7 Å². The molecule has 9 nitrogen and oxygen atoms in total. The summed E-state index contributed by atoms with van der Waals surface area (Å²) in [5.41, 5.74) is 1.21. The van der Waals surface area contributed by atoms with Gasteiger partial charge in [-0.25, -0.2) is 9.78 Å². The second-order valence-electron chi connectivity index (χ2n) is 8.34. The van der Waals surface area contributed by atoms with E-state index in [4.69, 9.17) is 0 Å². The standard InChI is InChI=1S/C22H24N6O3/c1-11(2)10-28-19-18(21(30)26-22(28)31)15(8-16(25-19)12(3)4)20(29)24-14-6-5-13-9-23-27-17(13)7-14/h5-9,11-12H,10H2,1-4H3,(H,23,27)(H,24,29)(H,26,30,31).